The molecule has 170 valence electrons. The first-order valence-corrected chi connectivity index (χ1v) is 11.4. The number of carbonyl (C=O) groups is 2. The SMILES string of the molecule is CC(C)n1cnc([C@H]2CN(C(=O)c3ccccn3)C[C@@]23CCN(Cc2ccncc2)C3=O)c1. The smallest absolute Gasteiger partial charge is 0.272 e. The van der Waals surface area contributed by atoms with Crippen LogP contribution in [-0.2, 0) is 11.3 Å². The van der Waals surface area contributed by atoms with Crippen LogP contribution in [0.15, 0.2) is 61.4 Å². The van der Waals surface area contributed by atoms with Crippen molar-refractivity contribution >= 4 is 11.8 Å². The van der Waals surface area contributed by atoms with Crippen LogP contribution in [0, 0.1) is 5.41 Å². The number of rotatable bonds is 5. The molecule has 2 amide bonds. The van der Waals surface area contributed by atoms with Crippen LogP contribution in [0.2, 0.25) is 0 Å². The van der Waals surface area contributed by atoms with Crippen molar-refractivity contribution < 1.29 is 9.59 Å². The van der Waals surface area contributed by atoms with E-state index in [1.165, 1.54) is 0 Å². The molecule has 8 heteroatoms. The van der Waals surface area contributed by atoms with Crippen molar-refractivity contribution in [1.29, 1.82) is 0 Å². The average molecular weight is 445 g/mol. The molecule has 8 nitrogen and oxygen atoms in total. The van der Waals surface area contributed by atoms with Gasteiger partial charge >= 0.3 is 0 Å². The second-order valence-electron chi connectivity index (χ2n) is 9.28. The molecule has 5 rings (SSSR count). The van der Waals surface area contributed by atoms with Crippen LogP contribution in [0.3, 0.4) is 0 Å². The highest BCUT2D eigenvalue weighted by molar-refractivity contribution is 5.94. The second kappa shape index (κ2) is 8.42. The maximum Gasteiger partial charge on any atom is 0.272 e. The van der Waals surface area contributed by atoms with E-state index in [2.05, 4.69) is 33.4 Å². The van der Waals surface area contributed by atoms with Crippen LogP contribution in [0.5, 0.6) is 0 Å². The summed E-state index contributed by atoms with van der Waals surface area (Å²) in [4.78, 5) is 43.8. The summed E-state index contributed by atoms with van der Waals surface area (Å²) >= 11 is 0. The third-order valence-electron chi connectivity index (χ3n) is 6.95. The summed E-state index contributed by atoms with van der Waals surface area (Å²) in [6.45, 7) is 6.25. The first kappa shape index (κ1) is 21.3. The molecule has 2 aliphatic rings. The lowest BCUT2D eigenvalue weighted by atomic mass is 9.75. The van der Waals surface area contributed by atoms with Gasteiger partial charge in [-0.2, -0.15) is 0 Å². The highest BCUT2D eigenvalue weighted by atomic mass is 16.2. The van der Waals surface area contributed by atoms with Crippen LogP contribution >= 0.6 is 0 Å². The predicted molar refractivity (Wildman–Crippen MR) is 122 cm³/mol. The molecular weight excluding hydrogens is 416 g/mol. The lowest BCUT2D eigenvalue weighted by Crippen LogP contribution is -2.40. The topological polar surface area (TPSA) is 84.2 Å². The minimum atomic E-state index is -0.673. The Morgan fingerprint density at radius 2 is 1.97 bits per heavy atom. The van der Waals surface area contributed by atoms with Gasteiger partial charge in [0.05, 0.1) is 17.4 Å². The van der Waals surface area contributed by atoms with Gasteiger partial charge in [-0.3, -0.25) is 19.6 Å². The maximum absolute atomic E-state index is 13.9. The fraction of sp³-hybridized carbons (Fsp3) is 0.400. The quantitative estimate of drug-likeness (QED) is 0.604. The zero-order chi connectivity index (χ0) is 23.0. The summed E-state index contributed by atoms with van der Waals surface area (Å²) in [5.74, 6) is -0.194. The molecule has 2 aliphatic heterocycles. The van der Waals surface area contributed by atoms with E-state index in [4.69, 9.17) is 0 Å². The van der Waals surface area contributed by atoms with Gasteiger partial charge in [-0.05, 0) is 50.1 Å². The Kier molecular flexibility index (Phi) is 5.44. The van der Waals surface area contributed by atoms with E-state index in [1.54, 1.807) is 35.6 Å². The van der Waals surface area contributed by atoms with Gasteiger partial charge in [-0.15, -0.1) is 0 Å². The van der Waals surface area contributed by atoms with Crippen LogP contribution in [0.25, 0.3) is 0 Å². The largest absolute Gasteiger partial charge is 0.338 e. The standard InChI is InChI=1S/C25H28N6O2/c1-18(2)31-15-22(28-17-31)20-14-30(23(32)21-5-3-4-9-27-21)16-25(20)8-12-29(24(25)33)13-19-6-10-26-11-7-19/h3-7,9-11,15,17-18,20H,8,12-14,16H2,1-2H3/t20-,25+/m1/s1. The molecule has 2 fully saturated rings. The summed E-state index contributed by atoms with van der Waals surface area (Å²) < 4.78 is 2.06. The van der Waals surface area contributed by atoms with Gasteiger partial charge in [-0.25, -0.2) is 4.98 Å². The summed E-state index contributed by atoms with van der Waals surface area (Å²) in [5, 5.41) is 0. The van der Waals surface area contributed by atoms with Gasteiger partial charge in [0.25, 0.3) is 5.91 Å². The van der Waals surface area contributed by atoms with Crippen LogP contribution in [0.4, 0.5) is 0 Å². The Labute approximate surface area is 193 Å². The van der Waals surface area contributed by atoms with Crippen LogP contribution < -0.4 is 0 Å². The highest BCUT2D eigenvalue weighted by Crippen LogP contribution is 2.50. The van der Waals surface area contributed by atoms with Gasteiger partial charge in [-0.1, -0.05) is 6.07 Å². The van der Waals surface area contributed by atoms with Gasteiger partial charge in [0, 0.05) is 62.9 Å². The zero-order valence-corrected chi connectivity index (χ0v) is 19.0. The zero-order valence-electron chi connectivity index (χ0n) is 19.0. The van der Waals surface area contributed by atoms with Crippen molar-refractivity contribution in [3.05, 3.63) is 78.4 Å². The Bertz CT molecular complexity index is 1150. The first-order valence-electron chi connectivity index (χ1n) is 11.4. The number of amides is 2. The first-order chi connectivity index (χ1) is 16.0. The molecule has 5 heterocycles. The number of hydrogen-bond donors (Lipinski definition) is 0. The molecule has 3 aromatic rings. The minimum absolute atomic E-state index is 0.0970. The highest BCUT2D eigenvalue weighted by Gasteiger charge is 2.58. The molecule has 0 N–H and O–H groups in total. The summed E-state index contributed by atoms with van der Waals surface area (Å²) in [5.41, 5.74) is 1.66. The Morgan fingerprint density at radius 3 is 2.67 bits per heavy atom. The average Bonchev–Trinajstić information content (AvgIpc) is 3.55. The molecule has 1 spiro atoms. The van der Waals surface area contributed by atoms with Gasteiger partial charge in [0.1, 0.15) is 5.69 Å². The number of nitrogens with zero attached hydrogens (tertiary/aromatic N) is 6. The Hall–Kier alpha value is -3.55. The third-order valence-corrected chi connectivity index (χ3v) is 6.95. The minimum Gasteiger partial charge on any atom is -0.338 e. The maximum atomic E-state index is 13.9. The van der Waals surface area contributed by atoms with E-state index >= 15 is 0 Å². The van der Waals surface area contributed by atoms with E-state index in [9.17, 15) is 9.59 Å². The third kappa shape index (κ3) is 3.79. The lowest BCUT2D eigenvalue weighted by Gasteiger charge is -2.27. The van der Waals surface area contributed by atoms with Crippen molar-refractivity contribution in [2.45, 2.75) is 38.8 Å². The van der Waals surface area contributed by atoms with Crippen molar-refractivity contribution in [2.75, 3.05) is 19.6 Å². The monoisotopic (exact) mass is 444 g/mol. The van der Waals surface area contributed by atoms with E-state index in [1.807, 2.05) is 35.6 Å². The number of aromatic nitrogens is 4. The van der Waals surface area contributed by atoms with Crippen molar-refractivity contribution in [3.8, 4) is 0 Å². The molecule has 0 saturated carbocycles. The van der Waals surface area contributed by atoms with Crippen molar-refractivity contribution in [1.82, 2.24) is 29.3 Å². The number of likely N-dealkylation sites (tertiary alicyclic amines) is 2. The summed E-state index contributed by atoms with van der Waals surface area (Å²) in [6, 6.07) is 9.48. The Morgan fingerprint density at radius 1 is 1.15 bits per heavy atom. The van der Waals surface area contributed by atoms with E-state index in [0.717, 1.165) is 11.3 Å². The predicted octanol–water partition coefficient (Wildman–Crippen LogP) is 2.91. The van der Waals surface area contributed by atoms with Crippen LogP contribution in [0.1, 0.15) is 54.0 Å². The van der Waals surface area contributed by atoms with E-state index < -0.39 is 5.41 Å². The number of carbonyl (C=O) groups excluding carboxylic acids is 2. The number of pyridine rings is 2. The fourth-order valence-corrected chi connectivity index (χ4v) is 5.10. The van der Waals surface area contributed by atoms with E-state index in [-0.39, 0.29) is 23.8 Å². The molecule has 2 saturated heterocycles. The molecule has 0 radical (unpaired) electrons. The van der Waals surface area contributed by atoms with Gasteiger partial charge in [0.15, 0.2) is 0 Å². The lowest BCUT2D eigenvalue weighted by molar-refractivity contribution is -0.136. The summed E-state index contributed by atoms with van der Waals surface area (Å²) in [6.07, 6.45) is 9.67. The number of hydrogen-bond acceptors (Lipinski definition) is 5. The van der Waals surface area contributed by atoms with Crippen molar-refractivity contribution in [2.24, 2.45) is 5.41 Å². The normalized spacial score (nSPS) is 22.6. The van der Waals surface area contributed by atoms with Gasteiger partial charge in [0.2, 0.25) is 5.91 Å². The molecule has 3 aromatic heterocycles. The molecule has 0 aliphatic carbocycles. The van der Waals surface area contributed by atoms with Gasteiger partial charge < -0.3 is 14.4 Å². The van der Waals surface area contributed by atoms with Crippen molar-refractivity contribution in [3.63, 3.8) is 0 Å². The second-order valence-corrected chi connectivity index (χ2v) is 9.28. The number of imidazole rings is 1. The molecule has 2 atom stereocenters. The van der Waals surface area contributed by atoms with Crippen LogP contribution in [-0.4, -0.2) is 60.8 Å². The van der Waals surface area contributed by atoms with E-state index in [0.29, 0.717) is 38.3 Å². The Balaban J connectivity index is 1.47. The fourth-order valence-electron chi connectivity index (χ4n) is 5.10. The molecule has 0 bridgehead atoms. The molecule has 0 aromatic carbocycles. The molecular formula is C25H28N6O2. The molecule has 33 heavy (non-hydrogen) atoms. The summed E-state index contributed by atoms with van der Waals surface area (Å²) in [7, 11) is 0. The molecule has 0 unspecified atom stereocenters.